The monoisotopic (exact) mass is 233 g/mol. The molecule has 1 saturated carbocycles. The first-order chi connectivity index (χ1) is 8.15. The molecule has 6 nitrogen and oxygen atoms in total. The lowest BCUT2D eigenvalue weighted by Crippen LogP contribution is -2.27. The van der Waals surface area contributed by atoms with Crippen LogP contribution in [0.15, 0.2) is 12.3 Å². The van der Waals surface area contributed by atoms with Crippen LogP contribution in [0.1, 0.15) is 34.9 Å². The number of rotatable bonds is 2. The van der Waals surface area contributed by atoms with Crippen molar-refractivity contribution in [1.29, 1.82) is 0 Å². The lowest BCUT2D eigenvalue weighted by atomic mass is 9.82. The lowest BCUT2D eigenvalue weighted by molar-refractivity contribution is 0.0695. The minimum atomic E-state index is -0.999. The molecule has 17 heavy (non-hydrogen) atoms. The van der Waals surface area contributed by atoms with Gasteiger partial charge in [0.25, 0.3) is 0 Å². The molecular weight excluding hydrogens is 222 g/mol. The lowest BCUT2D eigenvalue weighted by Gasteiger charge is -2.29. The molecule has 1 fully saturated rings. The summed E-state index contributed by atoms with van der Waals surface area (Å²) in [5.74, 6) is -0.103. The number of aliphatic hydroxyl groups is 1. The Morgan fingerprint density at radius 3 is 2.88 bits per heavy atom. The van der Waals surface area contributed by atoms with Crippen molar-refractivity contribution in [2.24, 2.45) is 0 Å². The van der Waals surface area contributed by atoms with Crippen LogP contribution in [-0.2, 0) is 0 Å². The van der Waals surface area contributed by atoms with Crippen LogP contribution in [-0.4, -0.2) is 37.2 Å². The second-order valence-corrected chi connectivity index (χ2v) is 4.31. The fourth-order valence-corrected chi connectivity index (χ4v) is 2.11. The zero-order valence-electron chi connectivity index (χ0n) is 8.92. The summed E-state index contributed by atoms with van der Waals surface area (Å²) in [4.78, 5) is 22.3. The van der Waals surface area contributed by atoms with Gasteiger partial charge in [0.2, 0.25) is 0 Å². The molecule has 2 heterocycles. The van der Waals surface area contributed by atoms with Gasteiger partial charge in [-0.15, -0.1) is 0 Å². The van der Waals surface area contributed by atoms with Crippen molar-refractivity contribution < 1.29 is 15.0 Å². The van der Waals surface area contributed by atoms with Gasteiger partial charge in [0, 0.05) is 12.1 Å². The Labute approximate surface area is 96.3 Å². The number of fused-ring (bicyclic) bond motifs is 1. The molecule has 0 spiro atoms. The quantitative estimate of drug-likeness (QED) is 0.715. The Bertz CT molecular complexity index is 587. The summed E-state index contributed by atoms with van der Waals surface area (Å²) in [5.41, 5.74) is 1.05. The highest BCUT2D eigenvalue weighted by Crippen LogP contribution is 2.35. The maximum Gasteiger partial charge on any atom is 0.338 e. The topological polar surface area (TPSA) is 99.1 Å². The van der Waals surface area contributed by atoms with Crippen molar-refractivity contribution in [3.63, 3.8) is 0 Å². The molecule has 1 aliphatic rings. The third-order valence-corrected chi connectivity index (χ3v) is 3.14. The van der Waals surface area contributed by atoms with E-state index >= 15 is 0 Å². The summed E-state index contributed by atoms with van der Waals surface area (Å²) < 4.78 is 0. The summed E-state index contributed by atoms with van der Waals surface area (Å²) in [5, 5.41) is 18.3. The molecule has 0 aromatic carbocycles. The Balaban J connectivity index is 2.06. The number of hydrogen-bond donors (Lipinski definition) is 3. The smallest absolute Gasteiger partial charge is 0.338 e. The first-order valence-corrected chi connectivity index (χ1v) is 5.41. The number of aromatic amines is 1. The van der Waals surface area contributed by atoms with Crippen LogP contribution in [0, 0.1) is 0 Å². The molecule has 1 aliphatic carbocycles. The fraction of sp³-hybridized carbons (Fsp3) is 0.364. The van der Waals surface area contributed by atoms with E-state index in [1.165, 1.54) is 12.3 Å². The molecule has 2 aromatic rings. The predicted octanol–water partition coefficient (Wildman–Crippen LogP) is 0.894. The van der Waals surface area contributed by atoms with Crippen molar-refractivity contribution in [3.8, 4) is 0 Å². The van der Waals surface area contributed by atoms with Crippen molar-refractivity contribution in [1.82, 2.24) is 15.0 Å². The molecule has 88 valence electrons. The standard InChI is InChI=1S/C11H11N3O3/c15-6-3-5(4-6)9-13-8-7(11(16)17)1-2-12-10(8)14-9/h1-2,5-6,15H,3-4H2,(H,16,17)(H,12,13,14). The summed E-state index contributed by atoms with van der Waals surface area (Å²) in [6, 6.07) is 1.45. The Morgan fingerprint density at radius 1 is 1.47 bits per heavy atom. The minimum absolute atomic E-state index is 0.175. The van der Waals surface area contributed by atoms with Crippen molar-refractivity contribution >= 4 is 17.1 Å². The van der Waals surface area contributed by atoms with E-state index in [1.807, 2.05) is 0 Å². The number of carbonyl (C=O) groups is 1. The number of aliphatic hydroxyl groups excluding tert-OH is 1. The molecular formula is C11H11N3O3. The number of carboxylic acid groups (broad SMARTS) is 1. The summed E-state index contributed by atoms with van der Waals surface area (Å²) in [6.45, 7) is 0. The number of aromatic carboxylic acids is 1. The molecule has 0 bridgehead atoms. The van der Waals surface area contributed by atoms with Gasteiger partial charge >= 0.3 is 5.97 Å². The van der Waals surface area contributed by atoms with E-state index in [0.717, 1.165) is 0 Å². The van der Waals surface area contributed by atoms with E-state index in [4.69, 9.17) is 5.11 Å². The van der Waals surface area contributed by atoms with Gasteiger partial charge in [0.1, 0.15) is 5.82 Å². The molecule has 0 unspecified atom stereocenters. The average molecular weight is 233 g/mol. The van der Waals surface area contributed by atoms with Crippen LogP contribution in [0.25, 0.3) is 11.2 Å². The summed E-state index contributed by atoms with van der Waals surface area (Å²) >= 11 is 0. The summed E-state index contributed by atoms with van der Waals surface area (Å²) in [7, 11) is 0. The van der Waals surface area contributed by atoms with E-state index in [9.17, 15) is 9.90 Å². The number of imidazole rings is 1. The van der Waals surface area contributed by atoms with Crippen molar-refractivity contribution in [2.45, 2.75) is 24.9 Å². The molecule has 0 atom stereocenters. The van der Waals surface area contributed by atoms with E-state index in [1.54, 1.807) is 0 Å². The molecule has 0 aliphatic heterocycles. The molecule has 3 rings (SSSR count). The molecule has 0 saturated heterocycles. The Kier molecular flexibility index (Phi) is 2.12. The number of pyridine rings is 1. The number of aromatic nitrogens is 3. The average Bonchev–Trinajstić information content (AvgIpc) is 2.66. The maximum atomic E-state index is 11.0. The number of H-pyrrole nitrogens is 1. The zero-order valence-corrected chi connectivity index (χ0v) is 8.92. The second kappa shape index (κ2) is 3.53. The van der Waals surface area contributed by atoms with Gasteiger partial charge in [-0.1, -0.05) is 0 Å². The van der Waals surface area contributed by atoms with E-state index < -0.39 is 5.97 Å². The Morgan fingerprint density at radius 2 is 2.24 bits per heavy atom. The number of carboxylic acids is 1. The third kappa shape index (κ3) is 1.57. The Hall–Kier alpha value is -1.95. The van der Waals surface area contributed by atoms with E-state index in [-0.39, 0.29) is 17.6 Å². The van der Waals surface area contributed by atoms with Crippen LogP contribution >= 0.6 is 0 Å². The normalized spacial score (nSPS) is 23.6. The van der Waals surface area contributed by atoms with Gasteiger partial charge in [0.05, 0.1) is 17.2 Å². The van der Waals surface area contributed by atoms with Crippen LogP contribution in [0.3, 0.4) is 0 Å². The number of hydrogen-bond acceptors (Lipinski definition) is 4. The predicted molar refractivity (Wildman–Crippen MR) is 58.8 cm³/mol. The van der Waals surface area contributed by atoms with Crippen LogP contribution < -0.4 is 0 Å². The molecule has 6 heteroatoms. The first-order valence-electron chi connectivity index (χ1n) is 5.41. The molecule has 0 radical (unpaired) electrons. The first kappa shape index (κ1) is 10.2. The highest BCUT2D eigenvalue weighted by atomic mass is 16.4. The second-order valence-electron chi connectivity index (χ2n) is 4.31. The highest BCUT2D eigenvalue weighted by Gasteiger charge is 2.31. The van der Waals surface area contributed by atoms with Gasteiger partial charge in [-0.25, -0.2) is 14.8 Å². The van der Waals surface area contributed by atoms with Gasteiger partial charge in [-0.2, -0.15) is 0 Å². The third-order valence-electron chi connectivity index (χ3n) is 3.14. The zero-order chi connectivity index (χ0) is 12.0. The largest absolute Gasteiger partial charge is 0.478 e. The van der Waals surface area contributed by atoms with Crippen LogP contribution in [0.5, 0.6) is 0 Å². The van der Waals surface area contributed by atoms with Gasteiger partial charge in [-0.05, 0) is 18.9 Å². The maximum absolute atomic E-state index is 11.0. The number of nitrogens with one attached hydrogen (secondary N) is 1. The van der Waals surface area contributed by atoms with Crippen molar-refractivity contribution in [2.75, 3.05) is 0 Å². The van der Waals surface area contributed by atoms with Crippen molar-refractivity contribution in [3.05, 3.63) is 23.7 Å². The number of nitrogens with zero attached hydrogens (tertiary/aromatic N) is 2. The minimum Gasteiger partial charge on any atom is -0.478 e. The van der Waals surface area contributed by atoms with Gasteiger partial charge in [-0.3, -0.25) is 0 Å². The van der Waals surface area contributed by atoms with Crippen LogP contribution in [0.4, 0.5) is 0 Å². The molecule has 0 amide bonds. The fourth-order valence-electron chi connectivity index (χ4n) is 2.11. The highest BCUT2D eigenvalue weighted by molar-refractivity contribution is 5.99. The van der Waals surface area contributed by atoms with Gasteiger partial charge in [0.15, 0.2) is 5.65 Å². The SMILES string of the molecule is O=C(O)c1ccnc2nc(C3CC(O)C3)[nH]c12. The van der Waals surface area contributed by atoms with Gasteiger partial charge < -0.3 is 15.2 Å². The molecule has 2 aromatic heterocycles. The van der Waals surface area contributed by atoms with E-state index in [0.29, 0.717) is 29.8 Å². The summed E-state index contributed by atoms with van der Waals surface area (Å²) in [6.07, 6.45) is 2.51. The molecule has 3 N–H and O–H groups in total. The van der Waals surface area contributed by atoms with E-state index in [2.05, 4.69) is 15.0 Å². The van der Waals surface area contributed by atoms with Crippen LogP contribution in [0.2, 0.25) is 0 Å².